The average molecular weight is 315 g/mol. The van der Waals surface area contributed by atoms with Gasteiger partial charge < -0.3 is 10.1 Å². The first-order chi connectivity index (χ1) is 10.9. The molecule has 120 valence electrons. The molecule has 0 unspecified atom stereocenters. The third-order valence-corrected chi connectivity index (χ3v) is 3.02. The molecule has 0 atom stereocenters. The topological polar surface area (TPSA) is 94.4 Å². The Bertz CT molecular complexity index is 744. The second kappa shape index (κ2) is 6.87. The van der Waals surface area contributed by atoms with Crippen LogP contribution >= 0.6 is 0 Å². The number of anilines is 1. The molecule has 1 heterocycles. The molecule has 1 aromatic heterocycles. The Morgan fingerprint density at radius 3 is 2.70 bits per heavy atom. The summed E-state index contributed by atoms with van der Waals surface area (Å²) in [6.07, 6.45) is 3.02. The summed E-state index contributed by atoms with van der Waals surface area (Å²) in [4.78, 5) is 26.7. The van der Waals surface area contributed by atoms with Gasteiger partial charge in [0.15, 0.2) is 0 Å². The van der Waals surface area contributed by atoms with Crippen LogP contribution in [-0.2, 0) is 0 Å². The minimum atomic E-state index is -0.533. The number of aromatic nitrogens is 1. The van der Waals surface area contributed by atoms with Crippen LogP contribution < -0.4 is 10.1 Å². The third kappa shape index (κ3) is 4.26. The van der Waals surface area contributed by atoms with Crippen LogP contribution in [0.25, 0.3) is 0 Å². The van der Waals surface area contributed by atoms with Gasteiger partial charge in [0, 0.05) is 23.8 Å². The lowest BCUT2D eigenvalue weighted by atomic mass is 10.1. The number of nitro benzene ring substituents is 1. The first kappa shape index (κ1) is 16.4. The summed E-state index contributed by atoms with van der Waals surface area (Å²) >= 11 is 0. The Morgan fingerprint density at radius 2 is 2.04 bits per heavy atom. The number of pyridine rings is 1. The largest absolute Gasteiger partial charge is 0.489 e. The average Bonchev–Trinajstić information content (AvgIpc) is 2.46. The smallest absolute Gasteiger partial charge is 0.270 e. The van der Waals surface area contributed by atoms with Crippen molar-refractivity contribution in [2.24, 2.45) is 0 Å². The molecule has 0 aliphatic carbocycles. The zero-order chi connectivity index (χ0) is 17.0. The van der Waals surface area contributed by atoms with E-state index >= 15 is 0 Å². The molecule has 1 aromatic carbocycles. The Morgan fingerprint density at radius 1 is 1.30 bits per heavy atom. The SMILES string of the molecule is Cc1ccc([N+](=O)[O-])cc1C(=O)Nc1cncc(OC(C)C)c1. The van der Waals surface area contributed by atoms with Gasteiger partial charge in [0.05, 0.1) is 29.1 Å². The van der Waals surface area contributed by atoms with Gasteiger partial charge in [-0.2, -0.15) is 0 Å². The number of nitrogens with one attached hydrogen (secondary N) is 1. The zero-order valence-electron chi connectivity index (χ0n) is 13.1. The van der Waals surface area contributed by atoms with Crippen molar-refractivity contribution in [1.29, 1.82) is 0 Å². The van der Waals surface area contributed by atoms with E-state index in [4.69, 9.17) is 4.74 Å². The van der Waals surface area contributed by atoms with Crippen molar-refractivity contribution in [3.05, 3.63) is 57.9 Å². The summed E-state index contributed by atoms with van der Waals surface area (Å²) in [5, 5.41) is 13.5. The molecule has 23 heavy (non-hydrogen) atoms. The third-order valence-electron chi connectivity index (χ3n) is 3.02. The van der Waals surface area contributed by atoms with E-state index in [1.54, 1.807) is 25.3 Å². The van der Waals surface area contributed by atoms with Crippen LogP contribution in [0.2, 0.25) is 0 Å². The highest BCUT2D eigenvalue weighted by Gasteiger charge is 2.15. The lowest BCUT2D eigenvalue weighted by Crippen LogP contribution is -2.14. The summed E-state index contributed by atoms with van der Waals surface area (Å²) < 4.78 is 5.51. The van der Waals surface area contributed by atoms with Gasteiger partial charge in [0.1, 0.15) is 5.75 Å². The molecule has 0 saturated carbocycles. The molecule has 7 nitrogen and oxygen atoms in total. The van der Waals surface area contributed by atoms with Crippen molar-refractivity contribution >= 4 is 17.3 Å². The highest BCUT2D eigenvalue weighted by molar-refractivity contribution is 6.05. The Hall–Kier alpha value is -2.96. The maximum atomic E-state index is 12.3. The fourth-order valence-electron chi connectivity index (χ4n) is 1.99. The van der Waals surface area contributed by atoms with Gasteiger partial charge >= 0.3 is 0 Å². The maximum Gasteiger partial charge on any atom is 0.270 e. The fraction of sp³-hybridized carbons (Fsp3) is 0.250. The standard InChI is InChI=1S/C16H17N3O4/c1-10(2)23-14-6-12(8-17-9-14)18-16(20)15-7-13(19(21)22)5-4-11(15)3/h4-10H,1-3H3,(H,18,20). The summed E-state index contributed by atoms with van der Waals surface area (Å²) in [6, 6.07) is 5.82. The van der Waals surface area contributed by atoms with Gasteiger partial charge in [0.25, 0.3) is 11.6 Å². The van der Waals surface area contributed by atoms with Crippen molar-refractivity contribution in [1.82, 2.24) is 4.98 Å². The maximum absolute atomic E-state index is 12.3. The number of carbonyl (C=O) groups is 1. The highest BCUT2D eigenvalue weighted by atomic mass is 16.6. The number of ether oxygens (including phenoxy) is 1. The minimum Gasteiger partial charge on any atom is -0.489 e. The van der Waals surface area contributed by atoms with Gasteiger partial charge in [-0.1, -0.05) is 6.07 Å². The summed E-state index contributed by atoms with van der Waals surface area (Å²) in [7, 11) is 0. The van der Waals surface area contributed by atoms with Crippen molar-refractivity contribution in [3.8, 4) is 5.75 Å². The molecule has 0 fully saturated rings. The Kier molecular flexibility index (Phi) is 4.90. The van der Waals surface area contributed by atoms with E-state index < -0.39 is 10.8 Å². The first-order valence-electron chi connectivity index (χ1n) is 7.05. The number of benzene rings is 1. The lowest BCUT2D eigenvalue weighted by molar-refractivity contribution is -0.384. The predicted octanol–water partition coefficient (Wildman–Crippen LogP) is 3.34. The van der Waals surface area contributed by atoms with E-state index in [1.165, 1.54) is 18.3 Å². The van der Waals surface area contributed by atoms with E-state index in [0.29, 0.717) is 17.0 Å². The van der Waals surface area contributed by atoms with Gasteiger partial charge in [-0.15, -0.1) is 0 Å². The number of nitro groups is 1. The number of rotatable bonds is 5. The van der Waals surface area contributed by atoms with Crippen LogP contribution in [0, 0.1) is 17.0 Å². The van der Waals surface area contributed by atoms with Crippen LogP contribution in [-0.4, -0.2) is 21.9 Å². The molecular formula is C16H17N3O4. The minimum absolute atomic E-state index is 0.0123. The molecule has 7 heteroatoms. The molecule has 1 amide bonds. The van der Waals surface area contributed by atoms with Crippen LogP contribution in [0.1, 0.15) is 29.8 Å². The number of carbonyl (C=O) groups excluding carboxylic acids is 1. The van der Waals surface area contributed by atoms with Crippen molar-refractivity contribution in [2.75, 3.05) is 5.32 Å². The normalized spacial score (nSPS) is 10.4. The number of amides is 1. The predicted molar refractivity (Wildman–Crippen MR) is 85.8 cm³/mol. The van der Waals surface area contributed by atoms with Crippen molar-refractivity contribution in [2.45, 2.75) is 26.9 Å². The number of hydrogen-bond donors (Lipinski definition) is 1. The second-order valence-corrected chi connectivity index (χ2v) is 5.29. The second-order valence-electron chi connectivity index (χ2n) is 5.29. The summed E-state index contributed by atoms with van der Waals surface area (Å²) in [6.45, 7) is 5.49. The number of hydrogen-bond acceptors (Lipinski definition) is 5. The van der Waals surface area contributed by atoms with Crippen molar-refractivity contribution in [3.63, 3.8) is 0 Å². The molecule has 1 N–H and O–H groups in total. The molecule has 2 rings (SSSR count). The molecule has 0 bridgehead atoms. The van der Waals surface area contributed by atoms with E-state index in [2.05, 4.69) is 10.3 Å². The van der Waals surface area contributed by atoms with E-state index in [1.807, 2.05) is 13.8 Å². The van der Waals surface area contributed by atoms with Crippen molar-refractivity contribution < 1.29 is 14.5 Å². The van der Waals surface area contributed by atoms with Crippen LogP contribution in [0.3, 0.4) is 0 Å². The number of aryl methyl sites for hydroxylation is 1. The van der Waals surface area contributed by atoms with Gasteiger partial charge in [-0.3, -0.25) is 19.9 Å². The van der Waals surface area contributed by atoms with Crippen LogP contribution in [0.4, 0.5) is 11.4 Å². The van der Waals surface area contributed by atoms with E-state index in [0.717, 1.165) is 0 Å². The molecule has 0 aliphatic heterocycles. The number of nitrogens with zero attached hydrogens (tertiary/aromatic N) is 2. The quantitative estimate of drug-likeness (QED) is 0.674. The first-order valence-corrected chi connectivity index (χ1v) is 7.05. The zero-order valence-corrected chi connectivity index (χ0v) is 13.1. The lowest BCUT2D eigenvalue weighted by Gasteiger charge is -2.11. The van der Waals surface area contributed by atoms with Crippen LogP contribution in [0.5, 0.6) is 5.75 Å². The number of non-ortho nitro benzene ring substituents is 1. The monoisotopic (exact) mass is 315 g/mol. The molecule has 0 spiro atoms. The van der Waals surface area contributed by atoms with E-state index in [-0.39, 0.29) is 17.4 Å². The molecule has 0 radical (unpaired) electrons. The Balaban J connectivity index is 2.22. The summed E-state index contributed by atoms with van der Waals surface area (Å²) in [5.74, 6) is 0.100. The highest BCUT2D eigenvalue weighted by Crippen LogP contribution is 2.21. The van der Waals surface area contributed by atoms with Gasteiger partial charge in [-0.25, -0.2) is 0 Å². The molecule has 2 aromatic rings. The molecular weight excluding hydrogens is 298 g/mol. The van der Waals surface area contributed by atoms with Gasteiger partial charge in [-0.05, 0) is 26.3 Å². The summed E-state index contributed by atoms with van der Waals surface area (Å²) in [5.41, 5.74) is 1.22. The Labute approximate surface area is 133 Å². The van der Waals surface area contributed by atoms with E-state index in [9.17, 15) is 14.9 Å². The molecule has 0 saturated heterocycles. The van der Waals surface area contributed by atoms with Crippen LogP contribution in [0.15, 0.2) is 36.7 Å². The fourth-order valence-corrected chi connectivity index (χ4v) is 1.99. The van der Waals surface area contributed by atoms with Gasteiger partial charge in [0.2, 0.25) is 0 Å². The molecule has 0 aliphatic rings.